The number of aromatic nitrogens is 1. The molecular formula is C21H23N3O3. The van der Waals surface area contributed by atoms with Crippen LogP contribution in [0, 0.1) is 5.92 Å². The highest BCUT2D eigenvalue weighted by atomic mass is 16.5. The Balaban J connectivity index is 1.41. The van der Waals surface area contributed by atoms with Crippen LogP contribution in [0.4, 0.5) is 0 Å². The number of ether oxygens (including phenoxy) is 1. The molecule has 0 spiro atoms. The van der Waals surface area contributed by atoms with Gasteiger partial charge in [-0.3, -0.25) is 14.6 Å². The van der Waals surface area contributed by atoms with Gasteiger partial charge < -0.3 is 15.0 Å². The number of fused-ring (bicyclic) bond motifs is 1. The fraction of sp³-hybridized carbons (Fsp3) is 0.381. The van der Waals surface area contributed by atoms with Crippen LogP contribution in [-0.2, 0) is 27.3 Å². The van der Waals surface area contributed by atoms with Crippen molar-refractivity contribution in [2.45, 2.75) is 31.5 Å². The molecule has 6 nitrogen and oxygen atoms in total. The SMILES string of the molecule is O=C(NCc1cccnc1)[C@@H]1CN(C(=O)Cc2ccccc2)[C@H]2CCO[C@H]12. The molecule has 0 radical (unpaired) electrons. The Bertz CT molecular complexity index is 797. The standard InChI is InChI=1S/C21H23N3O3/c25-19(11-15-5-2-1-3-6-15)24-14-17(20-18(24)8-10-27-20)21(26)23-13-16-7-4-9-22-12-16/h1-7,9,12,17-18,20H,8,10-11,13-14H2,(H,23,26)/t17-,18+,20-/m1/s1. The molecule has 0 bridgehead atoms. The van der Waals surface area contributed by atoms with Gasteiger partial charge in [-0.05, 0) is 23.6 Å². The molecule has 2 saturated heterocycles. The summed E-state index contributed by atoms with van der Waals surface area (Å²) in [4.78, 5) is 31.5. The highest BCUT2D eigenvalue weighted by molar-refractivity contribution is 5.84. The third kappa shape index (κ3) is 3.85. The third-order valence-corrected chi connectivity index (χ3v) is 5.34. The summed E-state index contributed by atoms with van der Waals surface area (Å²) in [5, 5.41) is 2.97. The van der Waals surface area contributed by atoms with E-state index < -0.39 is 0 Å². The minimum atomic E-state index is -0.325. The number of likely N-dealkylation sites (tertiary alicyclic amines) is 1. The zero-order chi connectivity index (χ0) is 18.6. The van der Waals surface area contributed by atoms with E-state index in [-0.39, 0.29) is 29.9 Å². The van der Waals surface area contributed by atoms with Gasteiger partial charge in [0, 0.05) is 32.1 Å². The Morgan fingerprint density at radius 3 is 2.74 bits per heavy atom. The van der Waals surface area contributed by atoms with Crippen LogP contribution in [0.3, 0.4) is 0 Å². The van der Waals surface area contributed by atoms with Gasteiger partial charge in [0.25, 0.3) is 0 Å². The van der Waals surface area contributed by atoms with E-state index in [1.54, 1.807) is 12.4 Å². The quantitative estimate of drug-likeness (QED) is 0.873. The monoisotopic (exact) mass is 365 g/mol. The van der Waals surface area contributed by atoms with Gasteiger partial charge in [-0.2, -0.15) is 0 Å². The maximum atomic E-state index is 12.8. The second-order valence-corrected chi connectivity index (χ2v) is 7.09. The molecule has 1 aromatic heterocycles. The molecule has 0 aliphatic carbocycles. The topological polar surface area (TPSA) is 71.5 Å². The van der Waals surface area contributed by atoms with Gasteiger partial charge in [0.1, 0.15) is 0 Å². The van der Waals surface area contributed by atoms with Crippen molar-refractivity contribution < 1.29 is 14.3 Å². The summed E-state index contributed by atoms with van der Waals surface area (Å²) >= 11 is 0. The van der Waals surface area contributed by atoms with E-state index in [2.05, 4.69) is 10.3 Å². The molecule has 2 aliphatic rings. The Hall–Kier alpha value is -2.73. The Kier molecular flexibility index (Phi) is 5.16. The number of carbonyl (C=O) groups excluding carboxylic acids is 2. The summed E-state index contributed by atoms with van der Waals surface area (Å²) < 4.78 is 5.83. The molecule has 0 saturated carbocycles. The van der Waals surface area contributed by atoms with E-state index in [0.717, 1.165) is 17.5 Å². The zero-order valence-electron chi connectivity index (χ0n) is 15.1. The number of pyridine rings is 1. The van der Waals surface area contributed by atoms with Crippen LogP contribution in [0.15, 0.2) is 54.9 Å². The van der Waals surface area contributed by atoms with E-state index in [9.17, 15) is 9.59 Å². The van der Waals surface area contributed by atoms with Gasteiger partial charge in [0.2, 0.25) is 11.8 Å². The number of nitrogens with zero attached hydrogens (tertiary/aromatic N) is 2. The van der Waals surface area contributed by atoms with E-state index in [4.69, 9.17) is 4.74 Å². The minimum Gasteiger partial charge on any atom is -0.375 e. The van der Waals surface area contributed by atoms with E-state index >= 15 is 0 Å². The van der Waals surface area contributed by atoms with Crippen LogP contribution < -0.4 is 5.32 Å². The minimum absolute atomic E-state index is 0.00430. The first-order valence-corrected chi connectivity index (χ1v) is 9.34. The van der Waals surface area contributed by atoms with Crippen LogP contribution in [0.25, 0.3) is 0 Å². The van der Waals surface area contributed by atoms with Gasteiger partial charge in [0.15, 0.2) is 0 Å². The summed E-state index contributed by atoms with van der Waals surface area (Å²) in [7, 11) is 0. The largest absolute Gasteiger partial charge is 0.375 e. The molecule has 6 heteroatoms. The smallest absolute Gasteiger partial charge is 0.227 e. The van der Waals surface area contributed by atoms with Crippen LogP contribution >= 0.6 is 0 Å². The lowest BCUT2D eigenvalue weighted by molar-refractivity contribution is -0.131. The van der Waals surface area contributed by atoms with Gasteiger partial charge in [0.05, 0.1) is 24.5 Å². The van der Waals surface area contributed by atoms with Crippen molar-refractivity contribution in [1.29, 1.82) is 0 Å². The molecule has 2 aliphatic heterocycles. The van der Waals surface area contributed by atoms with Crippen molar-refractivity contribution in [1.82, 2.24) is 15.2 Å². The van der Waals surface area contributed by atoms with Crippen LogP contribution in [-0.4, -0.2) is 47.0 Å². The highest BCUT2D eigenvalue weighted by Crippen LogP contribution is 2.34. The van der Waals surface area contributed by atoms with Crippen molar-refractivity contribution >= 4 is 11.8 Å². The predicted molar refractivity (Wildman–Crippen MR) is 99.6 cm³/mol. The van der Waals surface area contributed by atoms with Crippen LogP contribution in [0.5, 0.6) is 0 Å². The molecule has 1 N–H and O–H groups in total. The second-order valence-electron chi connectivity index (χ2n) is 7.09. The second kappa shape index (κ2) is 7.88. The van der Waals surface area contributed by atoms with Gasteiger partial charge in [-0.25, -0.2) is 0 Å². The molecule has 3 heterocycles. The van der Waals surface area contributed by atoms with Crippen molar-refractivity contribution in [3.05, 3.63) is 66.0 Å². The van der Waals surface area contributed by atoms with Gasteiger partial charge in [-0.1, -0.05) is 36.4 Å². The first-order valence-electron chi connectivity index (χ1n) is 9.34. The van der Waals surface area contributed by atoms with E-state index in [0.29, 0.717) is 26.1 Å². The van der Waals surface area contributed by atoms with E-state index in [1.807, 2.05) is 47.4 Å². The predicted octanol–water partition coefficient (Wildman–Crippen LogP) is 1.56. The van der Waals surface area contributed by atoms with Crippen LogP contribution in [0.1, 0.15) is 17.5 Å². The number of rotatable bonds is 5. The molecule has 0 unspecified atom stereocenters. The summed E-state index contributed by atoms with van der Waals surface area (Å²) in [5.41, 5.74) is 1.94. The fourth-order valence-electron chi connectivity index (χ4n) is 3.98. The zero-order valence-corrected chi connectivity index (χ0v) is 15.1. The number of carbonyl (C=O) groups is 2. The molecule has 27 heavy (non-hydrogen) atoms. The highest BCUT2D eigenvalue weighted by Gasteiger charge is 2.50. The Morgan fingerprint density at radius 1 is 1.15 bits per heavy atom. The molecule has 1 aromatic carbocycles. The molecule has 140 valence electrons. The first kappa shape index (κ1) is 17.7. The Labute approximate surface area is 158 Å². The van der Waals surface area contributed by atoms with Gasteiger partial charge in [-0.15, -0.1) is 0 Å². The van der Waals surface area contributed by atoms with Crippen molar-refractivity contribution in [3.8, 4) is 0 Å². The molecule has 2 aromatic rings. The van der Waals surface area contributed by atoms with E-state index in [1.165, 1.54) is 0 Å². The average molecular weight is 365 g/mol. The lowest BCUT2D eigenvalue weighted by atomic mass is 10.0. The summed E-state index contributed by atoms with van der Waals surface area (Å²) in [6, 6.07) is 13.5. The number of nitrogens with one attached hydrogen (secondary N) is 1. The summed E-state index contributed by atoms with van der Waals surface area (Å²) in [5.74, 6) is -0.330. The number of amides is 2. The Morgan fingerprint density at radius 2 is 1.96 bits per heavy atom. The lowest BCUT2D eigenvalue weighted by Gasteiger charge is -2.22. The number of hydrogen-bond donors (Lipinski definition) is 1. The van der Waals surface area contributed by atoms with Crippen molar-refractivity contribution in [2.75, 3.05) is 13.2 Å². The number of hydrogen-bond acceptors (Lipinski definition) is 4. The third-order valence-electron chi connectivity index (χ3n) is 5.34. The summed E-state index contributed by atoms with van der Waals surface area (Å²) in [6.45, 7) is 1.44. The maximum Gasteiger partial charge on any atom is 0.227 e. The van der Waals surface area contributed by atoms with Crippen molar-refractivity contribution in [2.24, 2.45) is 5.92 Å². The van der Waals surface area contributed by atoms with Gasteiger partial charge >= 0.3 is 0 Å². The normalized spacial score (nSPS) is 23.9. The molecule has 2 fully saturated rings. The van der Waals surface area contributed by atoms with Crippen molar-refractivity contribution in [3.63, 3.8) is 0 Å². The molecular weight excluding hydrogens is 342 g/mol. The first-order chi connectivity index (χ1) is 13.2. The molecule has 3 atom stereocenters. The average Bonchev–Trinajstić information content (AvgIpc) is 3.30. The summed E-state index contributed by atoms with van der Waals surface area (Å²) in [6.07, 6.45) is 4.37. The molecule has 4 rings (SSSR count). The fourth-order valence-corrected chi connectivity index (χ4v) is 3.98. The van der Waals surface area contributed by atoms with Crippen LogP contribution in [0.2, 0.25) is 0 Å². The maximum absolute atomic E-state index is 12.8. The molecule has 2 amide bonds. The lowest BCUT2D eigenvalue weighted by Crippen LogP contribution is -2.38. The number of benzene rings is 1.